The van der Waals surface area contributed by atoms with Gasteiger partial charge in [-0.3, -0.25) is 4.79 Å². The van der Waals surface area contributed by atoms with Gasteiger partial charge in [0.15, 0.2) is 5.82 Å². The van der Waals surface area contributed by atoms with Crippen LogP contribution in [0.2, 0.25) is 0 Å². The molecule has 1 aromatic heterocycles. The summed E-state index contributed by atoms with van der Waals surface area (Å²) in [4.78, 5) is 23.9. The van der Waals surface area contributed by atoms with Gasteiger partial charge >= 0.3 is 0 Å². The Morgan fingerprint density at radius 2 is 1.85 bits per heavy atom. The second-order valence-corrected chi connectivity index (χ2v) is 7.60. The average molecular weight is 369 g/mol. The first-order valence-corrected chi connectivity index (χ1v) is 9.73. The van der Waals surface area contributed by atoms with E-state index in [-0.39, 0.29) is 11.8 Å². The molecule has 4 rings (SSSR count). The lowest BCUT2D eigenvalue weighted by atomic mass is 9.96. The lowest BCUT2D eigenvalue weighted by Crippen LogP contribution is -2.44. The van der Waals surface area contributed by atoms with Gasteiger partial charge in [-0.2, -0.15) is 4.98 Å². The van der Waals surface area contributed by atoms with Crippen LogP contribution >= 0.6 is 0 Å². The van der Waals surface area contributed by atoms with Gasteiger partial charge in [-0.25, -0.2) is 0 Å². The number of carbonyl (C=O) groups is 1. The molecule has 0 unspecified atom stereocenters. The molecule has 0 bridgehead atoms. The number of amides is 1. The van der Waals surface area contributed by atoms with Gasteiger partial charge in [0, 0.05) is 63.4 Å². The topological polar surface area (TPSA) is 65.7 Å². The number of carbonyl (C=O) groups excluding carboxylic acids is 1. The summed E-state index contributed by atoms with van der Waals surface area (Å²) in [5, 5.41) is 4.04. The minimum Gasteiger partial charge on any atom is -0.369 e. The van der Waals surface area contributed by atoms with E-state index in [9.17, 15) is 4.79 Å². The van der Waals surface area contributed by atoms with E-state index in [4.69, 9.17) is 4.52 Å². The van der Waals surface area contributed by atoms with Crippen molar-refractivity contribution < 1.29 is 9.32 Å². The van der Waals surface area contributed by atoms with Gasteiger partial charge in [0.25, 0.3) is 5.91 Å². The molecule has 0 N–H and O–H groups in total. The van der Waals surface area contributed by atoms with E-state index >= 15 is 0 Å². The maximum atomic E-state index is 13.0. The largest absolute Gasteiger partial charge is 0.369 e. The molecule has 2 aliphatic rings. The summed E-state index contributed by atoms with van der Waals surface area (Å²) in [6.45, 7) is 7.44. The van der Waals surface area contributed by atoms with E-state index in [0.29, 0.717) is 12.4 Å². The minimum absolute atomic E-state index is 0.0878. The van der Waals surface area contributed by atoms with Crippen molar-refractivity contribution in [1.82, 2.24) is 19.9 Å². The molecule has 144 valence electrons. The van der Waals surface area contributed by atoms with Crippen LogP contribution < -0.4 is 4.90 Å². The predicted molar refractivity (Wildman–Crippen MR) is 103 cm³/mol. The van der Waals surface area contributed by atoms with E-state index in [1.807, 2.05) is 17.0 Å². The Kier molecular flexibility index (Phi) is 5.11. The molecule has 1 amide bonds. The molecule has 2 fully saturated rings. The van der Waals surface area contributed by atoms with Crippen molar-refractivity contribution in [2.24, 2.45) is 0 Å². The SMILES string of the molecule is Cc1nc([C@H]2CCCN(C(=O)c3ccc(N4CCN(C)CC4)cc3)C2)no1. The third-order valence-electron chi connectivity index (χ3n) is 5.60. The van der Waals surface area contributed by atoms with Crippen LogP contribution in [0.25, 0.3) is 0 Å². The molecular formula is C20H27N5O2. The summed E-state index contributed by atoms with van der Waals surface area (Å²) >= 11 is 0. The number of hydrogen-bond donors (Lipinski definition) is 0. The standard InChI is InChI=1S/C20H27N5O2/c1-15-21-19(22-27-15)17-4-3-9-25(14-17)20(26)16-5-7-18(8-6-16)24-12-10-23(2)11-13-24/h5-8,17H,3-4,9-14H2,1-2H3/t17-/m0/s1. The maximum Gasteiger partial charge on any atom is 0.253 e. The minimum atomic E-state index is 0.0878. The molecule has 1 atom stereocenters. The quantitative estimate of drug-likeness (QED) is 0.826. The van der Waals surface area contributed by atoms with Crippen molar-refractivity contribution in [3.05, 3.63) is 41.5 Å². The molecule has 1 aromatic carbocycles. The molecule has 0 radical (unpaired) electrons. The normalized spacial score (nSPS) is 21.5. The number of benzene rings is 1. The van der Waals surface area contributed by atoms with E-state index < -0.39 is 0 Å². The molecule has 7 nitrogen and oxygen atoms in total. The molecule has 2 saturated heterocycles. The number of likely N-dealkylation sites (tertiary alicyclic amines) is 1. The van der Waals surface area contributed by atoms with Gasteiger partial charge < -0.3 is 19.2 Å². The van der Waals surface area contributed by atoms with E-state index in [1.54, 1.807) is 6.92 Å². The van der Waals surface area contributed by atoms with Crippen molar-refractivity contribution >= 4 is 11.6 Å². The monoisotopic (exact) mass is 369 g/mol. The van der Waals surface area contributed by atoms with Crippen LogP contribution in [0.15, 0.2) is 28.8 Å². The second-order valence-electron chi connectivity index (χ2n) is 7.60. The van der Waals surface area contributed by atoms with E-state index in [2.05, 4.69) is 39.1 Å². The molecular weight excluding hydrogens is 342 g/mol. The van der Waals surface area contributed by atoms with Crippen LogP contribution in [-0.4, -0.2) is 72.2 Å². The number of nitrogens with zero attached hydrogens (tertiary/aromatic N) is 5. The number of anilines is 1. The summed E-state index contributed by atoms with van der Waals surface area (Å²) in [5.41, 5.74) is 1.94. The zero-order valence-corrected chi connectivity index (χ0v) is 16.1. The van der Waals surface area contributed by atoms with Crippen LogP contribution in [0.3, 0.4) is 0 Å². The summed E-state index contributed by atoms with van der Waals surface area (Å²) in [6, 6.07) is 8.06. The van der Waals surface area contributed by atoms with Crippen molar-refractivity contribution in [2.75, 3.05) is 51.2 Å². The third kappa shape index (κ3) is 3.98. The Balaban J connectivity index is 1.41. The number of hydrogen-bond acceptors (Lipinski definition) is 6. The number of likely N-dealkylation sites (N-methyl/N-ethyl adjacent to an activating group) is 1. The molecule has 3 heterocycles. The predicted octanol–water partition coefficient (Wildman–Crippen LogP) is 2.15. The first-order valence-electron chi connectivity index (χ1n) is 9.73. The number of piperidine rings is 1. The fourth-order valence-electron chi connectivity index (χ4n) is 3.92. The smallest absolute Gasteiger partial charge is 0.253 e. The van der Waals surface area contributed by atoms with Crippen LogP contribution in [0.1, 0.15) is 40.8 Å². The first-order chi connectivity index (χ1) is 13.1. The van der Waals surface area contributed by atoms with E-state index in [1.165, 1.54) is 5.69 Å². The molecule has 0 aliphatic carbocycles. The average Bonchev–Trinajstić information content (AvgIpc) is 3.15. The van der Waals surface area contributed by atoms with Gasteiger partial charge in [-0.15, -0.1) is 0 Å². The van der Waals surface area contributed by atoms with Crippen LogP contribution in [0.5, 0.6) is 0 Å². The van der Waals surface area contributed by atoms with Gasteiger partial charge in [0.1, 0.15) is 0 Å². The van der Waals surface area contributed by atoms with Crippen LogP contribution in [0, 0.1) is 6.92 Å². The number of aromatic nitrogens is 2. The summed E-state index contributed by atoms with van der Waals surface area (Å²) in [5.74, 6) is 1.54. The Morgan fingerprint density at radius 1 is 1.11 bits per heavy atom. The summed E-state index contributed by atoms with van der Waals surface area (Å²) < 4.78 is 5.10. The van der Waals surface area contributed by atoms with Crippen molar-refractivity contribution in [3.8, 4) is 0 Å². The lowest BCUT2D eigenvalue weighted by molar-refractivity contribution is 0.0703. The molecule has 2 aromatic rings. The number of aryl methyl sites for hydroxylation is 1. The molecule has 27 heavy (non-hydrogen) atoms. The highest BCUT2D eigenvalue weighted by molar-refractivity contribution is 5.94. The fraction of sp³-hybridized carbons (Fsp3) is 0.550. The van der Waals surface area contributed by atoms with Crippen LogP contribution in [0.4, 0.5) is 5.69 Å². The highest BCUT2D eigenvalue weighted by atomic mass is 16.5. The fourth-order valence-corrected chi connectivity index (χ4v) is 3.92. The van der Waals surface area contributed by atoms with Gasteiger partial charge in [-0.1, -0.05) is 5.16 Å². The molecule has 0 saturated carbocycles. The number of piperazine rings is 1. The number of rotatable bonds is 3. The molecule has 0 spiro atoms. The Hall–Kier alpha value is -2.41. The van der Waals surface area contributed by atoms with Gasteiger partial charge in [0.05, 0.1) is 0 Å². The Labute approximate surface area is 159 Å². The third-order valence-corrected chi connectivity index (χ3v) is 5.60. The van der Waals surface area contributed by atoms with Crippen molar-refractivity contribution in [2.45, 2.75) is 25.7 Å². The van der Waals surface area contributed by atoms with Gasteiger partial charge in [0.2, 0.25) is 5.89 Å². The molecule has 7 heteroatoms. The van der Waals surface area contributed by atoms with E-state index in [0.717, 1.165) is 57.0 Å². The Bertz CT molecular complexity index is 780. The lowest BCUT2D eigenvalue weighted by Gasteiger charge is -2.34. The summed E-state index contributed by atoms with van der Waals surface area (Å²) in [7, 11) is 2.15. The zero-order chi connectivity index (χ0) is 18.8. The van der Waals surface area contributed by atoms with Gasteiger partial charge in [-0.05, 0) is 44.2 Å². The highest BCUT2D eigenvalue weighted by Gasteiger charge is 2.28. The second kappa shape index (κ2) is 7.68. The maximum absolute atomic E-state index is 13.0. The zero-order valence-electron chi connectivity index (χ0n) is 16.1. The Morgan fingerprint density at radius 3 is 2.52 bits per heavy atom. The summed E-state index contributed by atoms with van der Waals surface area (Å²) in [6.07, 6.45) is 1.95. The highest BCUT2D eigenvalue weighted by Crippen LogP contribution is 2.26. The van der Waals surface area contributed by atoms with Crippen molar-refractivity contribution in [1.29, 1.82) is 0 Å². The molecule has 2 aliphatic heterocycles. The first kappa shape index (κ1) is 18.0. The van der Waals surface area contributed by atoms with Crippen molar-refractivity contribution in [3.63, 3.8) is 0 Å². The van der Waals surface area contributed by atoms with Crippen LogP contribution in [-0.2, 0) is 0 Å².